The van der Waals surface area contributed by atoms with Crippen molar-refractivity contribution < 1.29 is 0 Å². The Morgan fingerprint density at radius 2 is 2.11 bits per heavy atom. The van der Waals surface area contributed by atoms with Gasteiger partial charge in [-0.25, -0.2) is 4.98 Å². The number of aromatic nitrogens is 2. The van der Waals surface area contributed by atoms with Crippen LogP contribution in [0.15, 0.2) is 12.4 Å². The van der Waals surface area contributed by atoms with Gasteiger partial charge in [0.25, 0.3) is 0 Å². The second-order valence-corrected chi connectivity index (χ2v) is 5.86. The Kier molecular flexibility index (Phi) is 5.14. The molecule has 0 saturated carbocycles. The summed E-state index contributed by atoms with van der Waals surface area (Å²) in [5.74, 6) is 1.77. The average Bonchev–Trinajstić information content (AvgIpc) is 2.40. The van der Waals surface area contributed by atoms with Gasteiger partial charge in [0.05, 0.1) is 5.69 Å². The maximum atomic E-state index is 4.53. The van der Waals surface area contributed by atoms with Crippen molar-refractivity contribution in [3.8, 4) is 0 Å². The van der Waals surface area contributed by atoms with E-state index >= 15 is 0 Å². The fourth-order valence-corrected chi connectivity index (χ4v) is 2.71. The standard InChI is InChI=1S/C15H26N4/c1-12(2)10-16-11-14-6-4-5-9-19(14)15-13(3)17-7-8-18-15/h7-8,12,14,16H,4-6,9-11H2,1-3H3. The summed E-state index contributed by atoms with van der Waals surface area (Å²) in [6.07, 6.45) is 7.41. The monoisotopic (exact) mass is 262 g/mol. The molecule has 4 heteroatoms. The van der Waals surface area contributed by atoms with Gasteiger partial charge in [-0.1, -0.05) is 13.8 Å². The maximum Gasteiger partial charge on any atom is 0.150 e. The summed E-state index contributed by atoms with van der Waals surface area (Å²) in [7, 11) is 0. The van der Waals surface area contributed by atoms with E-state index in [1.54, 1.807) is 12.4 Å². The van der Waals surface area contributed by atoms with Crippen LogP contribution in [-0.4, -0.2) is 35.6 Å². The van der Waals surface area contributed by atoms with Gasteiger partial charge in [-0.3, -0.25) is 4.98 Å². The van der Waals surface area contributed by atoms with E-state index in [1.807, 2.05) is 0 Å². The van der Waals surface area contributed by atoms with E-state index in [1.165, 1.54) is 19.3 Å². The molecule has 1 unspecified atom stereocenters. The Morgan fingerprint density at radius 3 is 2.84 bits per heavy atom. The molecule has 106 valence electrons. The lowest BCUT2D eigenvalue weighted by Crippen LogP contribution is -2.46. The molecule has 19 heavy (non-hydrogen) atoms. The van der Waals surface area contributed by atoms with Crippen LogP contribution in [0, 0.1) is 12.8 Å². The number of nitrogens with one attached hydrogen (secondary N) is 1. The van der Waals surface area contributed by atoms with Crippen molar-refractivity contribution in [3.05, 3.63) is 18.1 Å². The van der Waals surface area contributed by atoms with Gasteiger partial charge < -0.3 is 10.2 Å². The van der Waals surface area contributed by atoms with Crippen molar-refractivity contribution >= 4 is 5.82 Å². The topological polar surface area (TPSA) is 41.1 Å². The van der Waals surface area contributed by atoms with E-state index in [2.05, 4.69) is 41.0 Å². The van der Waals surface area contributed by atoms with Crippen LogP contribution in [0.5, 0.6) is 0 Å². The molecule has 0 amide bonds. The second kappa shape index (κ2) is 6.85. The van der Waals surface area contributed by atoms with Gasteiger partial charge in [0.2, 0.25) is 0 Å². The van der Waals surface area contributed by atoms with Crippen LogP contribution in [-0.2, 0) is 0 Å². The third kappa shape index (κ3) is 3.90. The molecule has 0 bridgehead atoms. The van der Waals surface area contributed by atoms with Crippen molar-refractivity contribution in [1.29, 1.82) is 0 Å². The largest absolute Gasteiger partial charge is 0.351 e. The minimum atomic E-state index is 0.558. The molecule has 0 spiro atoms. The molecule has 1 saturated heterocycles. The van der Waals surface area contributed by atoms with E-state index in [0.29, 0.717) is 12.0 Å². The molecule has 1 aliphatic heterocycles. The highest BCUT2D eigenvalue weighted by molar-refractivity contribution is 5.44. The zero-order valence-corrected chi connectivity index (χ0v) is 12.4. The molecule has 1 aliphatic rings. The molecule has 1 atom stereocenters. The first-order valence-electron chi connectivity index (χ1n) is 7.43. The smallest absolute Gasteiger partial charge is 0.150 e. The Bertz CT molecular complexity index is 391. The molecule has 2 rings (SSSR count). The van der Waals surface area contributed by atoms with Crippen molar-refractivity contribution in [1.82, 2.24) is 15.3 Å². The molecule has 0 radical (unpaired) electrons. The lowest BCUT2D eigenvalue weighted by atomic mass is 10.0. The molecule has 1 fully saturated rings. The van der Waals surface area contributed by atoms with Crippen LogP contribution >= 0.6 is 0 Å². The molecule has 2 heterocycles. The van der Waals surface area contributed by atoms with Gasteiger partial charge in [-0.2, -0.15) is 0 Å². The minimum Gasteiger partial charge on any atom is -0.351 e. The van der Waals surface area contributed by atoms with E-state index in [4.69, 9.17) is 0 Å². The molecule has 0 aromatic carbocycles. The third-order valence-electron chi connectivity index (χ3n) is 3.69. The van der Waals surface area contributed by atoms with Crippen molar-refractivity contribution in [2.75, 3.05) is 24.5 Å². The average molecular weight is 262 g/mol. The molecule has 1 N–H and O–H groups in total. The summed E-state index contributed by atoms with van der Waals surface area (Å²) >= 11 is 0. The van der Waals surface area contributed by atoms with E-state index in [-0.39, 0.29) is 0 Å². The predicted octanol–water partition coefficient (Wildman–Crippen LogP) is 2.39. The second-order valence-electron chi connectivity index (χ2n) is 5.86. The van der Waals surface area contributed by atoms with Gasteiger partial charge in [0.15, 0.2) is 0 Å². The fraction of sp³-hybridized carbons (Fsp3) is 0.733. The Morgan fingerprint density at radius 1 is 1.32 bits per heavy atom. The summed E-state index contributed by atoms with van der Waals surface area (Å²) in [5.41, 5.74) is 1.04. The minimum absolute atomic E-state index is 0.558. The van der Waals surface area contributed by atoms with Gasteiger partial charge in [0.1, 0.15) is 5.82 Å². The number of aryl methyl sites for hydroxylation is 1. The highest BCUT2D eigenvalue weighted by Gasteiger charge is 2.24. The highest BCUT2D eigenvalue weighted by Crippen LogP contribution is 2.24. The van der Waals surface area contributed by atoms with Crippen LogP contribution in [0.1, 0.15) is 38.8 Å². The maximum absolute atomic E-state index is 4.53. The molecule has 0 aliphatic carbocycles. The van der Waals surface area contributed by atoms with Crippen molar-refractivity contribution in [2.45, 2.75) is 46.1 Å². The quantitative estimate of drug-likeness (QED) is 0.884. The Hall–Kier alpha value is -1.16. The van der Waals surface area contributed by atoms with Crippen LogP contribution < -0.4 is 10.2 Å². The number of anilines is 1. The summed E-state index contributed by atoms with van der Waals surface area (Å²) in [5, 5.41) is 3.58. The first-order chi connectivity index (χ1) is 9.18. The van der Waals surface area contributed by atoms with Crippen LogP contribution in [0.2, 0.25) is 0 Å². The SMILES string of the molecule is Cc1nccnc1N1CCCCC1CNCC(C)C. The van der Waals surface area contributed by atoms with Crippen molar-refractivity contribution in [3.63, 3.8) is 0 Å². The first kappa shape index (κ1) is 14.3. The van der Waals surface area contributed by atoms with Crippen LogP contribution in [0.25, 0.3) is 0 Å². The van der Waals surface area contributed by atoms with Gasteiger partial charge in [0, 0.05) is 31.5 Å². The lowest BCUT2D eigenvalue weighted by Gasteiger charge is -2.37. The number of nitrogens with zero attached hydrogens (tertiary/aromatic N) is 3. The van der Waals surface area contributed by atoms with E-state index in [0.717, 1.165) is 31.1 Å². The number of hydrogen-bond donors (Lipinski definition) is 1. The molecule has 1 aromatic rings. The summed E-state index contributed by atoms with van der Waals surface area (Å²) in [6, 6.07) is 0.558. The number of rotatable bonds is 5. The normalized spacial score (nSPS) is 20.0. The molecule has 4 nitrogen and oxygen atoms in total. The predicted molar refractivity (Wildman–Crippen MR) is 79.5 cm³/mol. The fourth-order valence-electron chi connectivity index (χ4n) is 2.71. The molecular weight excluding hydrogens is 236 g/mol. The lowest BCUT2D eigenvalue weighted by molar-refractivity contribution is 0.420. The molecule has 1 aromatic heterocycles. The summed E-state index contributed by atoms with van der Waals surface area (Å²) in [6.45, 7) is 9.79. The zero-order chi connectivity index (χ0) is 13.7. The van der Waals surface area contributed by atoms with Crippen LogP contribution in [0.3, 0.4) is 0 Å². The molecular formula is C15H26N4. The van der Waals surface area contributed by atoms with E-state index in [9.17, 15) is 0 Å². The zero-order valence-electron chi connectivity index (χ0n) is 12.4. The summed E-state index contributed by atoms with van der Waals surface area (Å²) in [4.78, 5) is 11.3. The van der Waals surface area contributed by atoms with E-state index < -0.39 is 0 Å². The van der Waals surface area contributed by atoms with Gasteiger partial charge in [-0.15, -0.1) is 0 Å². The number of hydrogen-bond acceptors (Lipinski definition) is 4. The first-order valence-corrected chi connectivity index (χ1v) is 7.43. The Labute approximate surface area is 116 Å². The van der Waals surface area contributed by atoms with Gasteiger partial charge >= 0.3 is 0 Å². The third-order valence-corrected chi connectivity index (χ3v) is 3.69. The van der Waals surface area contributed by atoms with Crippen LogP contribution in [0.4, 0.5) is 5.82 Å². The van der Waals surface area contributed by atoms with Gasteiger partial charge in [-0.05, 0) is 38.6 Å². The Balaban J connectivity index is 2.02. The van der Waals surface area contributed by atoms with Crippen molar-refractivity contribution in [2.24, 2.45) is 5.92 Å². The highest BCUT2D eigenvalue weighted by atomic mass is 15.2. The summed E-state index contributed by atoms with van der Waals surface area (Å²) < 4.78 is 0. The number of piperidine rings is 1.